The number of anilines is 1. The summed E-state index contributed by atoms with van der Waals surface area (Å²) in [6.45, 7) is 11.4. The van der Waals surface area contributed by atoms with Gasteiger partial charge < -0.3 is 10.6 Å². The molecule has 1 aromatic rings. The molecule has 1 atom stereocenters. The molecule has 2 amide bonds. The van der Waals surface area contributed by atoms with Crippen molar-refractivity contribution < 1.29 is 9.59 Å². The van der Waals surface area contributed by atoms with Crippen LogP contribution in [0.1, 0.15) is 53.0 Å². The first-order chi connectivity index (χ1) is 9.61. The lowest BCUT2D eigenvalue weighted by molar-refractivity contribution is -0.131. The van der Waals surface area contributed by atoms with Crippen LogP contribution in [0.3, 0.4) is 0 Å². The van der Waals surface area contributed by atoms with E-state index in [4.69, 9.17) is 0 Å². The molecule has 0 aliphatic carbocycles. The molecule has 0 saturated heterocycles. The number of hydrogen-bond acceptors (Lipinski definition) is 2. The Kier molecular flexibility index (Phi) is 5.53. The van der Waals surface area contributed by atoms with Gasteiger partial charge >= 0.3 is 0 Å². The highest BCUT2D eigenvalue weighted by Crippen LogP contribution is 2.17. The molecule has 0 heterocycles. The van der Waals surface area contributed by atoms with Crippen LogP contribution in [0.25, 0.3) is 0 Å². The van der Waals surface area contributed by atoms with Crippen molar-refractivity contribution in [1.29, 1.82) is 0 Å². The van der Waals surface area contributed by atoms with Crippen molar-refractivity contribution in [2.45, 2.75) is 53.5 Å². The highest BCUT2D eigenvalue weighted by Gasteiger charge is 2.25. The van der Waals surface area contributed by atoms with Crippen LogP contribution < -0.4 is 10.6 Å². The number of carbonyl (C=O) groups excluding carboxylic acids is 2. The second-order valence-corrected chi connectivity index (χ2v) is 6.71. The van der Waals surface area contributed by atoms with E-state index in [-0.39, 0.29) is 11.8 Å². The Bertz CT molecular complexity index is 499. The molecule has 0 aliphatic rings. The zero-order chi connectivity index (χ0) is 16.2. The van der Waals surface area contributed by atoms with Crippen LogP contribution in [-0.4, -0.2) is 17.9 Å². The molecule has 0 fully saturated rings. The van der Waals surface area contributed by atoms with Crippen molar-refractivity contribution >= 4 is 17.5 Å². The summed E-state index contributed by atoms with van der Waals surface area (Å²) in [5.74, 6) is 0.102. The molecule has 1 rings (SSSR count). The summed E-state index contributed by atoms with van der Waals surface area (Å²) in [6, 6.07) is 7.19. The third-order valence-electron chi connectivity index (χ3n) is 3.27. The molecule has 0 bridgehead atoms. The van der Waals surface area contributed by atoms with Gasteiger partial charge in [-0.3, -0.25) is 9.59 Å². The van der Waals surface area contributed by atoms with Gasteiger partial charge in [0, 0.05) is 11.1 Å². The molecule has 0 aliphatic heterocycles. The molecular formula is C17H26N2O2. The second-order valence-electron chi connectivity index (χ2n) is 6.71. The molecule has 0 spiro atoms. The number of rotatable bonds is 4. The van der Waals surface area contributed by atoms with Crippen LogP contribution >= 0.6 is 0 Å². The average Bonchev–Trinajstić information content (AvgIpc) is 2.37. The minimum atomic E-state index is -0.568. The summed E-state index contributed by atoms with van der Waals surface area (Å²) in [7, 11) is 0. The quantitative estimate of drug-likeness (QED) is 0.894. The van der Waals surface area contributed by atoms with Crippen molar-refractivity contribution in [2.24, 2.45) is 5.41 Å². The molecule has 1 aromatic carbocycles. The summed E-state index contributed by atoms with van der Waals surface area (Å²) in [5.41, 5.74) is 1.45. The summed E-state index contributed by atoms with van der Waals surface area (Å²) in [5, 5.41) is 5.53. The van der Waals surface area contributed by atoms with Gasteiger partial charge in [-0.2, -0.15) is 0 Å². The van der Waals surface area contributed by atoms with Gasteiger partial charge in [-0.1, -0.05) is 46.8 Å². The standard InChI is InChI=1S/C17H26N2O2/c1-11(2)13-7-9-14(10-8-13)19-15(20)12(3)18-16(21)17(4,5)6/h7-12H,1-6H3,(H,18,21)(H,19,20). The predicted octanol–water partition coefficient (Wildman–Crippen LogP) is 3.30. The van der Waals surface area contributed by atoms with Gasteiger partial charge in [0.25, 0.3) is 0 Å². The number of hydrogen-bond donors (Lipinski definition) is 2. The van der Waals surface area contributed by atoms with Crippen molar-refractivity contribution in [3.8, 4) is 0 Å². The van der Waals surface area contributed by atoms with Crippen molar-refractivity contribution in [3.05, 3.63) is 29.8 Å². The van der Waals surface area contributed by atoms with Crippen LogP contribution in [0.15, 0.2) is 24.3 Å². The number of amides is 2. The van der Waals surface area contributed by atoms with Gasteiger partial charge in [0.15, 0.2) is 0 Å². The fraction of sp³-hybridized carbons (Fsp3) is 0.529. The van der Waals surface area contributed by atoms with Gasteiger partial charge in [-0.05, 0) is 30.5 Å². The Morgan fingerprint density at radius 1 is 1.00 bits per heavy atom. The van der Waals surface area contributed by atoms with E-state index in [0.29, 0.717) is 5.92 Å². The van der Waals surface area contributed by atoms with Crippen LogP contribution in [0.2, 0.25) is 0 Å². The van der Waals surface area contributed by atoms with E-state index in [1.165, 1.54) is 5.56 Å². The Balaban J connectivity index is 2.62. The number of nitrogens with one attached hydrogen (secondary N) is 2. The highest BCUT2D eigenvalue weighted by atomic mass is 16.2. The summed E-state index contributed by atoms with van der Waals surface area (Å²) in [6.07, 6.45) is 0. The first-order valence-corrected chi connectivity index (χ1v) is 7.33. The fourth-order valence-corrected chi connectivity index (χ4v) is 1.68. The second kappa shape index (κ2) is 6.74. The Morgan fingerprint density at radius 2 is 1.52 bits per heavy atom. The van der Waals surface area contributed by atoms with E-state index >= 15 is 0 Å². The molecule has 0 radical (unpaired) electrons. The summed E-state index contributed by atoms with van der Waals surface area (Å²) in [4.78, 5) is 23.9. The number of carbonyl (C=O) groups is 2. The fourth-order valence-electron chi connectivity index (χ4n) is 1.68. The first-order valence-electron chi connectivity index (χ1n) is 7.33. The van der Waals surface area contributed by atoms with E-state index in [2.05, 4.69) is 24.5 Å². The van der Waals surface area contributed by atoms with Crippen LogP contribution in [0.5, 0.6) is 0 Å². The molecule has 4 nitrogen and oxygen atoms in total. The SMILES string of the molecule is CC(NC(=O)C(C)(C)C)C(=O)Nc1ccc(C(C)C)cc1. The first kappa shape index (κ1) is 17.2. The van der Waals surface area contributed by atoms with E-state index in [1.54, 1.807) is 6.92 Å². The zero-order valence-corrected chi connectivity index (χ0v) is 13.8. The van der Waals surface area contributed by atoms with Crippen molar-refractivity contribution in [2.75, 3.05) is 5.32 Å². The van der Waals surface area contributed by atoms with Crippen LogP contribution in [0, 0.1) is 5.41 Å². The Labute approximate surface area is 127 Å². The third kappa shape index (κ3) is 5.21. The van der Waals surface area contributed by atoms with Crippen LogP contribution in [0.4, 0.5) is 5.69 Å². The maximum atomic E-state index is 12.1. The lowest BCUT2D eigenvalue weighted by Crippen LogP contribution is -2.46. The lowest BCUT2D eigenvalue weighted by atomic mass is 9.95. The van der Waals surface area contributed by atoms with E-state index in [0.717, 1.165) is 5.69 Å². The molecule has 4 heteroatoms. The minimum Gasteiger partial charge on any atom is -0.344 e. The van der Waals surface area contributed by atoms with E-state index < -0.39 is 11.5 Å². The summed E-state index contributed by atoms with van der Waals surface area (Å²) < 4.78 is 0. The van der Waals surface area contributed by atoms with Gasteiger partial charge in [-0.15, -0.1) is 0 Å². The van der Waals surface area contributed by atoms with Crippen LogP contribution in [-0.2, 0) is 9.59 Å². The van der Waals surface area contributed by atoms with Crippen molar-refractivity contribution in [3.63, 3.8) is 0 Å². The molecule has 116 valence electrons. The molecule has 1 unspecified atom stereocenters. The topological polar surface area (TPSA) is 58.2 Å². The maximum absolute atomic E-state index is 12.1. The molecule has 21 heavy (non-hydrogen) atoms. The molecule has 2 N–H and O–H groups in total. The van der Waals surface area contributed by atoms with Gasteiger partial charge in [0.1, 0.15) is 6.04 Å². The molecule has 0 aromatic heterocycles. The van der Waals surface area contributed by atoms with Gasteiger partial charge in [-0.25, -0.2) is 0 Å². The van der Waals surface area contributed by atoms with Gasteiger partial charge in [0.05, 0.1) is 0 Å². The lowest BCUT2D eigenvalue weighted by Gasteiger charge is -2.21. The van der Waals surface area contributed by atoms with Crippen molar-refractivity contribution in [1.82, 2.24) is 5.32 Å². The number of benzene rings is 1. The smallest absolute Gasteiger partial charge is 0.246 e. The Morgan fingerprint density at radius 3 is 1.95 bits per heavy atom. The molecular weight excluding hydrogens is 264 g/mol. The average molecular weight is 290 g/mol. The minimum absolute atomic E-state index is 0.139. The normalized spacial score (nSPS) is 12.9. The summed E-state index contributed by atoms with van der Waals surface area (Å²) >= 11 is 0. The Hall–Kier alpha value is -1.84. The van der Waals surface area contributed by atoms with E-state index in [9.17, 15) is 9.59 Å². The zero-order valence-electron chi connectivity index (χ0n) is 13.8. The predicted molar refractivity (Wildman–Crippen MR) is 86.2 cm³/mol. The third-order valence-corrected chi connectivity index (χ3v) is 3.27. The molecule has 0 saturated carbocycles. The largest absolute Gasteiger partial charge is 0.344 e. The maximum Gasteiger partial charge on any atom is 0.246 e. The van der Waals surface area contributed by atoms with Gasteiger partial charge in [0.2, 0.25) is 11.8 Å². The van der Waals surface area contributed by atoms with E-state index in [1.807, 2.05) is 45.0 Å². The monoisotopic (exact) mass is 290 g/mol. The highest BCUT2D eigenvalue weighted by molar-refractivity contribution is 5.97.